The lowest BCUT2D eigenvalue weighted by molar-refractivity contribution is -0.121. The molecule has 8 heteroatoms. The van der Waals surface area contributed by atoms with E-state index in [2.05, 4.69) is 44.4 Å². The Morgan fingerprint density at radius 1 is 1.27 bits per heavy atom. The first-order valence-electron chi connectivity index (χ1n) is 10.5. The Morgan fingerprint density at radius 2 is 1.93 bits per heavy atom. The van der Waals surface area contributed by atoms with E-state index in [0.717, 1.165) is 25.7 Å². The van der Waals surface area contributed by atoms with Crippen molar-refractivity contribution in [3.05, 3.63) is 22.7 Å². The SMILES string of the molecule is CC1CC(=O)NN=C1c1ccc(OCCCCOC[Si](C)(C)C(C)(C)C)c(Cl)c1O. The lowest BCUT2D eigenvalue weighted by atomic mass is 9.93. The Morgan fingerprint density at radius 3 is 2.57 bits per heavy atom. The average Bonchev–Trinajstić information content (AvgIpc) is 2.64. The molecular formula is C22H35ClN2O4Si. The topological polar surface area (TPSA) is 80.2 Å². The van der Waals surface area contributed by atoms with Gasteiger partial charge in [0.1, 0.15) is 16.5 Å². The summed E-state index contributed by atoms with van der Waals surface area (Å²) in [6, 6.07) is 3.46. The van der Waals surface area contributed by atoms with Crippen molar-refractivity contribution >= 4 is 31.3 Å². The summed E-state index contributed by atoms with van der Waals surface area (Å²) in [5.41, 5.74) is 3.58. The Bertz CT molecular complexity index is 790. The number of nitrogens with zero attached hydrogens (tertiary/aromatic N) is 1. The molecule has 0 spiro atoms. The highest BCUT2D eigenvalue weighted by atomic mass is 35.5. The molecule has 0 saturated carbocycles. The van der Waals surface area contributed by atoms with Crippen LogP contribution in [0.1, 0.15) is 52.5 Å². The molecular weight excluding hydrogens is 420 g/mol. The third-order valence-electron chi connectivity index (χ3n) is 6.05. The summed E-state index contributed by atoms with van der Waals surface area (Å²) in [6.45, 7) is 14.7. The summed E-state index contributed by atoms with van der Waals surface area (Å²) in [5, 5.41) is 15.1. The number of halogens is 1. The summed E-state index contributed by atoms with van der Waals surface area (Å²) in [4.78, 5) is 11.4. The van der Waals surface area contributed by atoms with E-state index < -0.39 is 8.07 Å². The second-order valence-electron chi connectivity index (χ2n) is 9.65. The lowest BCUT2D eigenvalue weighted by Crippen LogP contribution is -2.42. The number of unbranched alkanes of at least 4 members (excludes halogenated alkanes) is 1. The molecule has 6 nitrogen and oxygen atoms in total. The van der Waals surface area contributed by atoms with Crippen LogP contribution in [-0.4, -0.2) is 44.2 Å². The zero-order valence-corrected chi connectivity index (χ0v) is 20.7. The van der Waals surface area contributed by atoms with E-state index in [-0.39, 0.29) is 22.6 Å². The number of phenolic OH excluding ortho intramolecular Hbond substituents is 1. The zero-order valence-electron chi connectivity index (χ0n) is 19.0. The van der Waals surface area contributed by atoms with Gasteiger partial charge in [-0.2, -0.15) is 5.10 Å². The Balaban J connectivity index is 1.82. The molecule has 0 radical (unpaired) electrons. The van der Waals surface area contributed by atoms with Gasteiger partial charge in [0.2, 0.25) is 5.91 Å². The first kappa shape index (κ1) is 24.7. The number of carbonyl (C=O) groups excluding carboxylic acids is 1. The minimum absolute atomic E-state index is 0.0754. The third-order valence-corrected chi connectivity index (χ3v) is 11.4. The normalized spacial score (nSPS) is 17.5. The number of ether oxygens (including phenoxy) is 2. The number of amides is 1. The Hall–Kier alpha value is -1.57. The fraction of sp³-hybridized carbons (Fsp3) is 0.636. The summed E-state index contributed by atoms with van der Waals surface area (Å²) in [6.07, 6.45) is 2.93. The first-order chi connectivity index (χ1) is 13.9. The van der Waals surface area contributed by atoms with Crippen LogP contribution in [0.4, 0.5) is 0 Å². The van der Waals surface area contributed by atoms with Crippen molar-refractivity contribution in [2.24, 2.45) is 11.0 Å². The highest BCUT2D eigenvalue weighted by Gasteiger charge is 2.35. The maximum atomic E-state index is 11.4. The quantitative estimate of drug-likeness (QED) is 0.400. The van der Waals surface area contributed by atoms with Crippen LogP contribution in [0.3, 0.4) is 0 Å². The molecule has 2 N–H and O–H groups in total. The predicted molar refractivity (Wildman–Crippen MR) is 124 cm³/mol. The highest BCUT2D eigenvalue weighted by molar-refractivity contribution is 6.80. The van der Waals surface area contributed by atoms with Crippen LogP contribution < -0.4 is 10.2 Å². The maximum absolute atomic E-state index is 11.4. The van der Waals surface area contributed by atoms with E-state index in [1.165, 1.54) is 0 Å². The molecule has 0 fully saturated rings. The fourth-order valence-electron chi connectivity index (χ4n) is 2.88. The second kappa shape index (κ2) is 10.2. The van der Waals surface area contributed by atoms with E-state index >= 15 is 0 Å². The standard InChI is InChI=1S/C22H35ClN2O4Si/c1-15-13-18(26)24-25-20(15)16-9-10-17(19(23)21(16)27)29-12-8-7-11-28-14-30(5,6)22(2,3)4/h9-10,15,27H,7-8,11-14H2,1-6H3,(H,24,26). The molecule has 0 bridgehead atoms. The monoisotopic (exact) mass is 454 g/mol. The van der Waals surface area contributed by atoms with Gasteiger partial charge in [0, 0.05) is 30.7 Å². The zero-order chi connectivity index (χ0) is 22.5. The Labute approximate surface area is 186 Å². The van der Waals surface area contributed by atoms with Crippen molar-refractivity contribution in [1.82, 2.24) is 5.43 Å². The molecule has 1 aromatic rings. The number of hydrogen-bond donors (Lipinski definition) is 2. The maximum Gasteiger partial charge on any atom is 0.240 e. The molecule has 1 aliphatic heterocycles. The molecule has 168 valence electrons. The minimum atomic E-state index is -1.40. The summed E-state index contributed by atoms with van der Waals surface area (Å²) >= 11 is 6.31. The summed E-state index contributed by atoms with van der Waals surface area (Å²) < 4.78 is 11.7. The number of nitrogens with one attached hydrogen (secondary N) is 1. The van der Waals surface area contributed by atoms with Gasteiger partial charge in [0.15, 0.2) is 0 Å². The van der Waals surface area contributed by atoms with Crippen LogP contribution in [0.25, 0.3) is 0 Å². The van der Waals surface area contributed by atoms with Crippen LogP contribution >= 0.6 is 11.6 Å². The largest absolute Gasteiger partial charge is 0.506 e. The summed E-state index contributed by atoms with van der Waals surface area (Å²) in [7, 11) is -1.40. The van der Waals surface area contributed by atoms with Crippen molar-refractivity contribution in [1.29, 1.82) is 0 Å². The van der Waals surface area contributed by atoms with Gasteiger partial charge in [-0.05, 0) is 30.0 Å². The smallest absolute Gasteiger partial charge is 0.240 e. The molecule has 1 unspecified atom stereocenters. The van der Waals surface area contributed by atoms with Crippen LogP contribution in [0.2, 0.25) is 23.2 Å². The van der Waals surface area contributed by atoms with Crippen LogP contribution in [0, 0.1) is 5.92 Å². The van der Waals surface area contributed by atoms with E-state index in [9.17, 15) is 9.90 Å². The van der Waals surface area contributed by atoms with Gasteiger partial charge in [-0.25, -0.2) is 5.43 Å². The van der Waals surface area contributed by atoms with Gasteiger partial charge in [0.25, 0.3) is 0 Å². The molecule has 0 aliphatic carbocycles. The molecule has 1 amide bonds. The van der Waals surface area contributed by atoms with Crippen molar-refractivity contribution in [2.45, 2.75) is 65.1 Å². The number of carbonyl (C=O) groups is 1. The van der Waals surface area contributed by atoms with Crippen molar-refractivity contribution in [2.75, 3.05) is 19.4 Å². The molecule has 1 aliphatic rings. The fourth-order valence-corrected chi connectivity index (χ4v) is 4.18. The van der Waals surface area contributed by atoms with Crippen molar-refractivity contribution in [3.8, 4) is 11.5 Å². The molecule has 2 rings (SSSR count). The van der Waals surface area contributed by atoms with Gasteiger partial charge < -0.3 is 14.6 Å². The second-order valence-corrected chi connectivity index (χ2v) is 15.6. The van der Waals surface area contributed by atoms with Gasteiger partial charge in [-0.3, -0.25) is 4.79 Å². The predicted octanol–water partition coefficient (Wildman–Crippen LogP) is 5.13. The molecule has 1 aromatic carbocycles. The molecule has 30 heavy (non-hydrogen) atoms. The van der Waals surface area contributed by atoms with E-state index in [1.807, 2.05) is 6.92 Å². The van der Waals surface area contributed by atoms with Crippen molar-refractivity contribution < 1.29 is 19.4 Å². The number of hydrogen-bond acceptors (Lipinski definition) is 5. The highest BCUT2D eigenvalue weighted by Crippen LogP contribution is 2.38. The van der Waals surface area contributed by atoms with Gasteiger partial charge in [-0.15, -0.1) is 0 Å². The number of aromatic hydroxyl groups is 1. The van der Waals surface area contributed by atoms with E-state index in [4.69, 9.17) is 21.1 Å². The van der Waals surface area contributed by atoms with Crippen LogP contribution in [-0.2, 0) is 9.53 Å². The third kappa shape index (κ3) is 6.22. The minimum Gasteiger partial charge on any atom is -0.506 e. The van der Waals surface area contributed by atoms with Gasteiger partial charge in [-0.1, -0.05) is 52.4 Å². The molecule has 1 atom stereocenters. The Kier molecular flexibility index (Phi) is 8.36. The average molecular weight is 455 g/mol. The van der Waals surface area contributed by atoms with Gasteiger partial charge in [0.05, 0.1) is 20.4 Å². The molecule has 0 aromatic heterocycles. The number of benzene rings is 1. The number of hydrazone groups is 1. The van der Waals surface area contributed by atoms with Crippen LogP contribution in [0.5, 0.6) is 11.5 Å². The van der Waals surface area contributed by atoms with E-state index in [0.29, 0.717) is 35.1 Å². The summed E-state index contributed by atoms with van der Waals surface area (Å²) in [5.74, 6) is 0.130. The molecule has 1 heterocycles. The first-order valence-corrected chi connectivity index (χ1v) is 14.1. The number of rotatable bonds is 9. The van der Waals surface area contributed by atoms with Gasteiger partial charge >= 0.3 is 0 Å². The van der Waals surface area contributed by atoms with Crippen LogP contribution in [0.15, 0.2) is 17.2 Å². The van der Waals surface area contributed by atoms with Crippen molar-refractivity contribution in [3.63, 3.8) is 0 Å². The van der Waals surface area contributed by atoms with E-state index in [1.54, 1.807) is 12.1 Å². The lowest BCUT2D eigenvalue weighted by Gasteiger charge is -2.36. The molecule has 0 saturated heterocycles. The number of phenols is 1.